The van der Waals surface area contributed by atoms with Gasteiger partial charge in [0.15, 0.2) is 11.6 Å². The quantitative estimate of drug-likeness (QED) is 0.443. The number of nitrogens with zero attached hydrogens (tertiary/aromatic N) is 3. The van der Waals surface area contributed by atoms with E-state index in [0.29, 0.717) is 0 Å². The van der Waals surface area contributed by atoms with Gasteiger partial charge in [-0.2, -0.15) is 13.8 Å². The summed E-state index contributed by atoms with van der Waals surface area (Å²) in [6.45, 7) is 3.48. The minimum Gasteiger partial charge on any atom is -0.230 e. The summed E-state index contributed by atoms with van der Waals surface area (Å²) in [5.74, 6) is -6.30. The molecule has 2 aromatic rings. The lowest BCUT2D eigenvalue weighted by atomic mass is 10.2. The largest absolute Gasteiger partial charge is 0.295 e. The van der Waals surface area contributed by atoms with E-state index in [1.165, 1.54) is 9.13 Å². The Bertz CT molecular complexity index is 625. The number of imidazole rings is 1. The van der Waals surface area contributed by atoms with Crippen LogP contribution in [0.25, 0.3) is 11.4 Å². The van der Waals surface area contributed by atoms with Gasteiger partial charge in [-0.15, -0.1) is 0 Å². The summed E-state index contributed by atoms with van der Waals surface area (Å²) in [4.78, 5) is 2.55. The average molecular weight is 274 g/mol. The first kappa shape index (κ1) is 13.5. The van der Waals surface area contributed by atoms with Gasteiger partial charge in [-0.1, -0.05) is 0 Å². The molecule has 0 atom stereocenters. The Morgan fingerprint density at radius 2 is 1.47 bits per heavy atom. The molecule has 19 heavy (non-hydrogen) atoms. The zero-order valence-electron chi connectivity index (χ0n) is 10.9. The Hall–Kier alpha value is -1.92. The van der Waals surface area contributed by atoms with Crippen molar-refractivity contribution >= 4 is 0 Å². The minimum atomic E-state index is -1.66. The predicted octanol–water partition coefficient (Wildman–Crippen LogP) is 2.08. The van der Waals surface area contributed by atoms with Gasteiger partial charge in [0.2, 0.25) is 0 Å². The lowest BCUT2D eigenvalue weighted by Gasteiger charge is -2.04. The van der Waals surface area contributed by atoms with Crippen LogP contribution >= 0.6 is 0 Å². The van der Waals surface area contributed by atoms with Gasteiger partial charge in [0.05, 0.1) is 14.1 Å². The summed E-state index contributed by atoms with van der Waals surface area (Å²) < 4.78 is 56.8. The third-order valence-corrected chi connectivity index (χ3v) is 3.39. The molecule has 0 bridgehead atoms. The zero-order valence-corrected chi connectivity index (χ0v) is 10.9. The first-order chi connectivity index (χ1) is 8.77. The highest BCUT2D eigenvalue weighted by Gasteiger charge is 2.32. The predicted molar refractivity (Wildman–Crippen MR) is 59.1 cm³/mol. The Labute approximate surface area is 107 Å². The molecule has 2 aromatic heterocycles. The van der Waals surface area contributed by atoms with Crippen molar-refractivity contribution in [1.82, 2.24) is 9.55 Å². The second-order valence-electron chi connectivity index (χ2n) is 4.31. The Morgan fingerprint density at radius 3 is 1.84 bits per heavy atom. The van der Waals surface area contributed by atoms with Crippen LogP contribution < -0.4 is 4.57 Å². The molecule has 0 aromatic carbocycles. The van der Waals surface area contributed by atoms with E-state index in [9.17, 15) is 17.6 Å². The third kappa shape index (κ3) is 1.80. The van der Waals surface area contributed by atoms with Gasteiger partial charge >= 0.3 is 0 Å². The number of rotatable bonds is 1. The molecule has 0 saturated carbocycles. The Balaban J connectivity index is 2.91. The van der Waals surface area contributed by atoms with E-state index in [1.54, 1.807) is 27.9 Å². The van der Waals surface area contributed by atoms with Crippen molar-refractivity contribution in [3.05, 3.63) is 34.9 Å². The van der Waals surface area contributed by atoms with Crippen LogP contribution in [0.15, 0.2) is 0 Å². The summed E-state index contributed by atoms with van der Waals surface area (Å²) >= 11 is 0. The Morgan fingerprint density at radius 1 is 1.00 bits per heavy atom. The van der Waals surface area contributed by atoms with Crippen molar-refractivity contribution in [2.45, 2.75) is 13.8 Å². The fourth-order valence-corrected chi connectivity index (χ4v) is 2.05. The van der Waals surface area contributed by atoms with Crippen molar-refractivity contribution in [3.63, 3.8) is 0 Å². The van der Waals surface area contributed by atoms with Crippen LogP contribution in [0.4, 0.5) is 17.6 Å². The number of aromatic nitrogens is 3. The maximum absolute atomic E-state index is 13.8. The first-order valence-electron chi connectivity index (χ1n) is 5.49. The van der Waals surface area contributed by atoms with Crippen LogP contribution in [0.1, 0.15) is 11.4 Å². The van der Waals surface area contributed by atoms with Crippen molar-refractivity contribution in [2.75, 3.05) is 0 Å². The highest BCUT2D eigenvalue weighted by molar-refractivity contribution is 5.55. The second-order valence-corrected chi connectivity index (χ2v) is 4.31. The Kier molecular flexibility index (Phi) is 3.07. The lowest BCUT2D eigenvalue weighted by Crippen LogP contribution is -2.33. The number of hydrogen-bond acceptors (Lipinski definition) is 1. The van der Waals surface area contributed by atoms with Crippen molar-refractivity contribution < 1.29 is 22.1 Å². The van der Waals surface area contributed by atoms with Gasteiger partial charge in [-0.25, -0.2) is 17.9 Å². The highest BCUT2D eigenvalue weighted by Crippen LogP contribution is 2.27. The van der Waals surface area contributed by atoms with Crippen molar-refractivity contribution in [2.24, 2.45) is 14.1 Å². The fourth-order valence-electron chi connectivity index (χ4n) is 2.05. The molecule has 7 heteroatoms. The SMILES string of the molecule is Cc1c(C)[n+](C)c(-c2c(F)c(F)nc(F)c2F)n1C. The van der Waals surface area contributed by atoms with Crippen LogP contribution in [0.5, 0.6) is 0 Å². The van der Waals surface area contributed by atoms with Gasteiger partial charge in [0.1, 0.15) is 17.0 Å². The maximum atomic E-state index is 13.8. The van der Waals surface area contributed by atoms with Gasteiger partial charge in [0, 0.05) is 13.8 Å². The van der Waals surface area contributed by atoms with Crippen LogP contribution in [0, 0.1) is 37.4 Å². The molecule has 0 fully saturated rings. The molecule has 2 heterocycles. The fraction of sp³-hybridized carbons (Fsp3) is 0.333. The van der Waals surface area contributed by atoms with Gasteiger partial charge in [0.25, 0.3) is 17.7 Å². The van der Waals surface area contributed by atoms with Gasteiger partial charge in [-0.05, 0) is 0 Å². The smallest absolute Gasteiger partial charge is 0.230 e. The van der Waals surface area contributed by atoms with Crippen LogP contribution in [0.2, 0.25) is 0 Å². The van der Waals surface area contributed by atoms with E-state index in [1.807, 2.05) is 0 Å². The normalized spacial score (nSPS) is 11.2. The molecule has 0 N–H and O–H groups in total. The topological polar surface area (TPSA) is 21.7 Å². The van der Waals surface area contributed by atoms with Crippen molar-refractivity contribution in [1.29, 1.82) is 0 Å². The first-order valence-corrected chi connectivity index (χ1v) is 5.49. The monoisotopic (exact) mass is 274 g/mol. The second kappa shape index (κ2) is 4.32. The van der Waals surface area contributed by atoms with E-state index in [0.717, 1.165) is 11.4 Å². The van der Waals surface area contributed by atoms with Crippen LogP contribution in [-0.4, -0.2) is 9.55 Å². The summed E-state index contributed by atoms with van der Waals surface area (Å²) in [7, 11) is 3.12. The molecule has 0 aliphatic rings. The average Bonchev–Trinajstić information content (AvgIpc) is 2.54. The summed E-state index contributed by atoms with van der Waals surface area (Å²) in [5.41, 5.74) is 0.703. The van der Waals surface area contributed by atoms with E-state index >= 15 is 0 Å². The summed E-state index contributed by atoms with van der Waals surface area (Å²) in [6.07, 6.45) is 0. The highest BCUT2D eigenvalue weighted by atomic mass is 19.2. The maximum Gasteiger partial charge on any atom is 0.295 e. The molecule has 0 unspecified atom stereocenters. The molecule has 0 amide bonds. The number of halogens is 4. The number of pyridine rings is 1. The van der Waals surface area contributed by atoms with Gasteiger partial charge < -0.3 is 0 Å². The molecule has 3 nitrogen and oxygen atoms in total. The standard InChI is InChI=1S/C12H12F4N3/c1-5-6(2)19(4)12(18(5)3)7-8(13)10(15)17-11(16)9(7)14/h1-4H3/q+1. The van der Waals surface area contributed by atoms with E-state index in [4.69, 9.17) is 0 Å². The van der Waals surface area contributed by atoms with Crippen LogP contribution in [0.3, 0.4) is 0 Å². The minimum absolute atomic E-state index is 0.0326. The molecule has 0 aliphatic heterocycles. The molecule has 2 rings (SSSR count). The molecule has 0 saturated heterocycles. The summed E-state index contributed by atoms with van der Waals surface area (Å²) in [5, 5.41) is 0. The molecule has 0 radical (unpaired) electrons. The van der Waals surface area contributed by atoms with E-state index in [-0.39, 0.29) is 5.82 Å². The molecule has 0 aliphatic carbocycles. The third-order valence-electron chi connectivity index (χ3n) is 3.39. The van der Waals surface area contributed by atoms with Gasteiger partial charge in [-0.3, -0.25) is 0 Å². The summed E-state index contributed by atoms with van der Waals surface area (Å²) in [6, 6.07) is 0. The lowest BCUT2D eigenvalue weighted by molar-refractivity contribution is -0.666. The van der Waals surface area contributed by atoms with E-state index in [2.05, 4.69) is 4.98 Å². The number of hydrogen-bond donors (Lipinski definition) is 0. The molecular weight excluding hydrogens is 262 g/mol. The molecule has 102 valence electrons. The van der Waals surface area contributed by atoms with E-state index < -0.39 is 29.1 Å². The molecule has 0 spiro atoms. The van der Waals surface area contributed by atoms with Crippen LogP contribution in [-0.2, 0) is 14.1 Å². The van der Waals surface area contributed by atoms with Crippen molar-refractivity contribution in [3.8, 4) is 11.4 Å². The zero-order chi connectivity index (χ0) is 14.5. The molecular formula is C12H12F4N3+.